The molecule has 0 spiro atoms. The first kappa shape index (κ1) is 41.6. The van der Waals surface area contributed by atoms with E-state index in [4.69, 9.17) is 9.47 Å². The van der Waals surface area contributed by atoms with E-state index in [0.29, 0.717) is 12.8 Å². The Hall–Kier alpha value is -1.36. The van der Waals surface area contributed by atoms with Crippen molar-refractivity contribution in [2.75, 3.05) is 13.2 Å². The maximum absolute atomic E-state index is 12.1. The van der Waals surface area contributed by atoms with Crippen LogP contribution in [0.4, 0.5) is 0 Å². The summed E-state index contributed by atoms with van der Waals surface area (Å²) in [6.45, 7) is 4.10. The normalized spacial score (nSPS) is 12.2. The lowest BCUT2D eigenvalue weighted by molar-refractivity contribution is -0.161. The molecule has 0 aromatic heterocycles. The highest BCUT2D eigenvalue weighted by Gasteiger charge is 2.16. The summed E-state index contributed by atoms with van der Waals surface area (Å²) in [5, 5.41) is 9.52. The van der Waals surface area contributed by atoms with Crippen molar-refractivity contribution in [3.05, 3.63) is 12.2 Å². The number of aliphatic hydroxyl groups excluding tert-OH is 1. The molecule has 0 aliphatic rings. The van der Waals surface area contributed by atoms with Gasteiger partial charge in [0, 0.05) is 12.8 Å². The van der Waals surface area contributed by atoms with Crippen molar-refractivity contribution in [3.8, 4) is 0 Å². The van der Waals surface area contributed by atoms with Crippen molar-refractivity contribution >= 4 is 11.9 Å². The topological polar surface area (TPSA) is 72.8 Å². The molecule has 0 aromatic rings. The fraction of sp³-hybridized carbons (Fsp3) is 0.895. The van der Waals surface area contributed by atoms with E-state index in [1.165, 1.54) is 128 Å². The third kappa shape index (κ3) is 33.4. The monoisotopic (exact) mass is 609 g/mol. The zero-order valence-corrected chi connectivity index (χ0v) is 28.7. The first-order valence-corrected chi connectivity index (χ1v) is 18.7. The number of aliphatic hydroxyl groups is 1. The highest BCUT2D eigenvalue weighted by molar-refractivity contribution is 5.70. The van der Waals surface area contributed by atoms with Crippen LogP contribution in [0.25, 0.3) is 0 Å². The number of hydrogen-bond donors (Lipinski definition) is 1. The van der Waals surface area contributed by atoms with Crippen molar-refractivity contribution in [3.63, 3.8) is 0 Å². The number of allylic oxidation sites excluding steroid dienone is 2. The summed E-state index contributed by atoms with van der Waals surface area (Å²) in [4.78, 5) is 24.1. The summed E-state index contributed by atoms with van der Waals surface area (Å²) in [6.07, 6.45) is 38.4. The van der Waals surface area contributed by atoms with Crippen LogP contribution in [-0.4, -0.2) is 36.4 Å². The Morgan fingerprint density at radius 1 is 0.512 bits per heavy atom. The molecule has 0 aromatic carbocycles. The van der Waals surface area contributed by atoms with Crippen LogP contribution in [0.15, 0.2) is 12.2 Å². The molecule has 0 aliphatic carbocycles. The summed E-state index contributed by atoms with van der Waals surface area (Å²) in [7, 11) is 0. The summed E-state index contributed by atoms with van der Waals surface area (Å²) >= 11 is 0. The number of carbonyl (C=O) groups is 2. The Labute approximate surface area is 267 Å². The minimum absolute atomic E-state index is 0.0649. The van der Waals surface area contributed by atoms with E-state index < -0.39 is 6.10 Å². The van der Waals surface area contributed by atoms with Crippen LogP contribution >= 0.6 is 0 Å². The van der Waals surface area contributed by atoms with Gasteiger partial charge in [-0.1, -0.05) is 167 Å². The van der Waals surface area contributed by atoms with Gasteiger partial charge < -0.3 is 14.6 Å². The minimum atomic E-state index is -0.766. The minimum Gasteiger partial charge on any atom is -0.462 e. The van der Waals surface area contributed by atoms with E-state index in [9.17, 15) is 14.7 Å². The van der Waals surface area contributed by atoms with E-state index in [2.05, 4.69) is 26.0 Å². The highest BCUT2D eigenvalue weighted by Crippen LogP contribution is 2.15. The van der Waals surface area contributed by atoms with Gasteiger partial charge in [-0.3, -0.25) is 9.59 Å². The van der Waals surface area contributed by atoms with Gasteiger partial charge in [0.15, 0.2) is 6.10 Å². The third-order valence-corrected chi connectivity index (χ3v) is 8.31. The van der Waals surface area contributed by atoms with Crippen LogP contribution < -0.4 is 0 Å². The van der Waals surface area contributed by atoms with E-state index in [0.717, 1.165) is 44.9 Å². The molecule has 0 unspecified atom stereocenters. The Kier molecular flexibility index (Phi) is 34.0. The van der Waals surface area contributed by atoms with Crippen molar-refractivity contribution in [1.82, 2.24) is 0 Å². The van der Waals surface area contributed by atoms with Gasteiger partial charge in [-0.2, -0.15) is 0 Å². The molecule has 5 nitrogen and oxygen atoms in total. The van der Waals surface area contributed by atoms with Crippen molar-refractivity contribution in [1.29, 1.82) is 0 Å². The molecule has 0 fully saturated rings. The number of hydrogen-bond acceptors (Lipinski definition) is 5. The van der Waals surface area contributed by atoms with Gasteiger partial charge >= 0.3 is 11.9 Å². The van der Waals surface area contributed by atoms with Gasteiger partial charge in [0.2, 0.25) is 0 Å². The van der Waals surface area contributed by atoms with Gasteiger partial charge in [-0.05, 0) is 32.1 Å². The fourth-order valence-electron chi connectivity index (χ4n) is 5.42. The summed E-state index contributed by atoms with van der Waals surface area (Å²) in [5.41, 5.74) is 0. The molecule has 0 radical (unpaired) electrons. The second-order valence-electron chi connectivity index (χ2n) is 12.7. The zero-order valence-electron chi connectivity index (χ0n) is 28.7. The molecule has 1 N–H and O–H groups in total. The molecule has 43 heavy (non-hydrogen) atoms. The third-order valence-electron chi connectivity index (χ3n) is 8.31. The number of ether oxygens (including phenoxy) is 2. The molecule has 1 atom stereocenters. The SMILES string of the molecule is CCCC/C=C\CCCCCCCC(=O)OC[C@H](CO)OC(=O)CCCCCCCCCCCCCCCCCCCC. The Balaban J connectivity index is 3.51. The molecular weight excluding hydrogens is 536 g/mol. The molecule has 0 amide bonds. The van der Waals surface area contributed by atoms with E-state index >= 15 is 0 Å². The Morgan fingerprint density at radius 2 is 0.884 bits per heavy atom. The summed E-state index contributed by atoms with van der Waals surface area (Å²) in [5.74, 6) is -0.594. The molecule has 0 aliphatic heterocycles. The molecule has 0 heterocycles. The second-order valence-corrected chi connectivity index (χ2v) is 12.7. The molecule has 0 saturated carbocycles. The quantitative estimate of drug-likeness (QED) is 0.0447. The van der Waals surface area contributed by atoms with Crippen LogP contribution in [0.3, 0.4) is 0 Å². The molecule has 0 bridgehead atoms. The first-order valence-electron chi connectivity index (χ1n) is 18.7. The van der Waals surface area contributed by atoms with Gasteiger partial charge in [-0.25, -0.2) is 0 Å². The van der Waals surface area contributed by atoms with E-state index in [-0.39, 0.29) is 25.2 Å². The standard InChI is InChI=1S/C38H72O5/c1-3-5-7-9-11-13-15-16-17-18-19-20-21-23-25-27-29-31-33-38(41)43-36(34-39)35-42-37(40)32-30-28-26-24-22-14-12-10-8-6-4-2/h10,12,36,39H,3-9,11,13-35H2,1-2H3/b12-10-/t36-/m0/s1. The zero-order chi connectivity index (χ0) is 31.5. The largest absolute Gasteiger partial charge is 0.462 e. The number of rotatable bonds is 34. The van der Waals surface area contributed by atoms with Crippen LogP contribution in [0.1, 0.15) is 200 Å². The molecule has 0 saturated heterocycles. The maximum Gasteiger partial charge on any atom is 0.306 e. The Morgan fingerprint density at radius 3 is 1.33 bits per heavy atom. The van der Waals surface area contributed by atoms with Crippen LogP contribution in [-0.2, 0) is 19.1 Å². The van der Waals surface area contributed by atoms with Crippen LogP contribution in [0, 0.1) is 0 Å². The lowest BCUT2D eigenvalue weighted by Crippen LogP contribution is -2.28. The van der Waals surface area contributed by atoms with Gasteiger partial charge in [0.25, 0.3) is 0 Å². The van der Waals surface area contributed by atoms with Crippen molar-refractivity contribution in [2.45, 2.75) is 206 Å². The van der Waals surface area contributed by atoms with E-state index in [1.807, 2.05) is 0 Å². The van der Waals surface area contributed by atoms with Gasteiger partial charge in [-0.15, -0.1) is 0 Å². The van der Waals surface area contributed by atoms with Crippen molar-refractivity contribution in [2.24, 2.45) is 0 Å². The van der Waals surface area contributed by atoms with Crippen LogP contribution in [0.2, 0.25) is 0 Å². The molecular formula is C38H72O5. The average Bonchev–Trinajstić information content (AvgIpc) is 3.01. The lowest BCUT2D eigenvalue weighted by Gasteiger charge is -2.15. The van der Waals surface area contributed by atoms with Gasteiger partial charge in [0.1, 0.15) is 6.61 Å². The molecule has 5 heteroatoms. The summed E-state index contributed by atoms with van der Waals surface area (Å²) < 4.78 is 10.6. The molecule has 0 rings (SSSR count). The maximum atomic E-state index is 12.1. The predicted molar refractivity (Wildman–Crippen MR) is 182 cm³/mol. The first-order chi connectivity index (χ1) is 21.1. The predicted octanol–water partition coefficient (Wildman–Crippen LogP) is 11.3. The lowest BCUT2D eigenvalue weighted by atomic mass is 10.0. The number of carbonyl (C=O) groups excluding carboxylic acids is 2. The fourth-order valence-corrected chi connectivity index (χ4v) is 5.42. The average molecular weight is 609 g/mol. The van der Waals surface area contributed by atoms with Gasteiger partial charge in [0.05, 0.1) is 6.61 Å². The van der Waals surface area contributed by atoms with Crippen LogP contribution in [0.5, 0.6) is 0 Å². The number of esters is 2. The number of unbranched alkanes of at least 4 members (excludes halogenated alkanes) is 24. The molecule has 254 valence electrons. The van der Waals surface area contributed by atoms with E-state index in [1.54, 1.807) is 0 Å². The second kappa shape index (κ2) is 35.1. The highest BCUT2D eigenvalue weighted by atomic mass is 16.6. The smallest absolute Gasteiger partial charge is 0.306 e. The summed E-state index contributed by atoms with van der Waals surface area (Å²) in [6, 6.07) is 0. The Bertz CT molecular complexity index is 617. The van der Waals surface area contributed by atoms with Crippen molar-refractivity contribution < 1.29 is 24.2 Å².